The first-order valence-corrected chi connectivity index (χ1v) is 10.9. The zero-order chi connectivity index (χ0) is 21.8. The van der Waals surface area contributed by atoms with Crippen LogP contribution >= 0.6 is 22.9 Å². The SMILES string of the molecule is CCc1ccccc1OCC(=O)NCc1cc(=O)n2nc(-c3cccc(Cl)c3)sc2n1. The molecule has 0 spiro atoms. The Kier molecular flexibility index (Phi) is 6.29. The van der Waals surface area contributed by atoms with Gasteiger partial charge in [0.25, 0.3) is 11.5 Å². The number of hydrogen-bond acceptors (Lipinski definition) is 6. The fourth-order valence-corrected chi connectivity index (χ4v) is 4.12. The van der Waals surface area contributed by atoms with Crippen molar-refractivity contribution in [2.75, 3.05) is 6.61 Å². The first-order valence-electron chi connectivity index (χ1n) is 9.66. The molecule has 0 saturated carbocycles. The Morgan fingerprint density at radius 1 is 1.19 bits per heavy atom. The van der Waals surface area contributed by atoms with Gasteiger partial charge in [0, 0.05) is 16.7 Å². The van der Waals surface area contributed by atoms with Gasteiger partial charge in [0.05, 0.1) is 12.2 Å². The van der Waals surface area contributed by atoms with Gasteiger partial charge in [0.2, 0.25) is 4.96 Å². The van der Waals surface area contributed by atoms with E-state index in [0.717, 1.165) is 17.5 Å². The van der Waals surface area contributed by atoms with Gasteiger partial charge in [-0.25, -0.2) is 4.98 Å². The minimum absolute atomic E-state index is 0.113. The molecule has 4 rings (SSSR count). The molecule has 7 nitrogen and oxygen atoms in total. The van der Waals surface area contributed by atoms with Crippen molar-refractivity contribution in [2.24, 2.45) is 0 Å². The van der Waals surface area contributed by atoms with E-state index in [1.165, 1.54) is 21.9 Å². The summed E-state index contributed by atoms with van der Waals surface area (Å²) in [6.07, 6.45) is 0.817. The molecular formula is C22H19ClN4O3S. The highest BCUT2D eigenvalue weighted by Gasteiger charge is 2.12. The number of aryl methyl sites for hydroxylation is 1. The molecule has 2 aromatic heterocycles. The van der Waals surface area contributed by atoms with E-state index < -0.39 is 0 Å². The first-order chi connectivity index (χ1) is 15.0. The predicted molar refractivity (Wildman–Crippen MR) is 121 cm³/mol. The Labute approximate surface area is 187 Å². The van der Waals surface area contributed by atoms with Crippen LogP contribution in [0.25, 0.3) is 15.5 Å². The molecule has 4 aromatic rings. The largest absolute Gasteiger partial charge is 0.483 e. The molecule has 2 aromatic carbocycles. The zero-order valence-corrected chi connectivity index (χ0v) is 18.2. The summed E-state index contributed by atoms with van der Waals surface area (Å²) in [5.41, 5.74) is 1.98. The molecule has 1 N–H and O–H groups in total. The number of nitrogens with one attached hydrogen (secondary N) is 1. The highest BCUT2D eigenvalue weighted by atomic mass is 35.5. The average molecular weight is 455 g/mol. The lowest BCUT2D eigenvalue weighted by atomic mass is 10.1. The van der Waals surface area contributed by atoms with Crippen molar-refractivity contribution in [2.45, 2.75) is 19.9 Å². The Hall–Kier alpha value is -3.23. The number of rotatable bonds is 7. The number of nitrogens with zero attached hydrogens (tertiary/aromatic N) is 3. The average Bonchev–Trinajstić information content (AvgIpc) is 3.21. The molecule has 0 aliphatic carbocycles. The molecule has 0 aliphatic heterocycles. The van der Waals surface area contributed by atoms with Gasteiger partial charge < -0.3 is 10.1 Å². The van der Waals surface area contributed by atoms with Crippen LogP contribution in [0.5, 0.6) is 5.75 Å². The number of fused-ring (bicyclic) bond motifs is 1. The maximum absolute atomic E-state index is 12.4. The normalized spacial score (nSPS) is 10.9. The minimum Gasteiger partial charge on any atom is -0.483 e. The summed E-state index contributed by atoms with van der Waals surface area (Å²) in [6, 6.07) is 16.2. The van der Waals surface area contributed by atoms with Crippen molar-refractivity contribution in [3.63, 3.8) is 0 Å². The van der Waals surface area contributed by atoms with E-state index in [1.54, 1.807) is 12.1 Å². The zero-order valence-electron chi connectivity index (χ0n) is 16.7. The van der Waals surface area contributed by atoms with E-state index in [4.69, 9.17) is 16.3 Å². The molecule has 0 atom stereocenters. The molecule has 1 amide bonds. The Morgan fingerprint density at radius 3 is 2.84 bits per heavy atom. The summed E-state index contributed by atoms with van der Waals surface area (Å²) in [5, 5.41) is 8.29. The molecule has 0 radical (unpaired) electrons. The van der Waals surface area contributed by atoms with Crippen LogP contribution in [0, 0.1) is 0 Å². The van der Waals surface area contributed by atoms with E-state index >= 15 is 0 Å². The van der Waals surface area contributed by atoms with Gasteiger partial charge in [0.1, 0.15) is 10.8 Å². The van der Waals surface area contributed by atoms with Crippen LogP contribution < -0.4 is 15.6 Å². The van der Waals surface area contributed by atoms with Crippen LogP contribution in [0.15, 0.2) is 59.4 Å². The third-order valence-electron chi connectivity index (χ3n) is 4.55. The van der Waals surface area contributed by atoms with Crippen molar-refractivity contribution in [1.29, 1.82) is 0 Å². The van der Waals surface area contributed by atoms with Crippen molar-refractivity contribution in [3.8, 4) is 16.3 Å². The van der Waals surface area contributed by atoms with Gasteiger partial charge >= 0.3 is 0 Å². The molecule has 9 heteroatoms. The summed E-state index contributed by atoms with van der Waals surface area (Å²) >= 11 is 7.32. The molecule has 0 bridgehead atoms. The van der Waals surface area contributed by atoms with E-state index in [-0.39, 0.29) is 24.6 Å². The number of halogens is 1. The second-order valence-electron chi connectivity index (χ2n) is 6.72. The monoisotopic (exact) mass is 454 g/mol. The summed E-state index contributed by atoms with van der Waals surface area (Å²) in [6.45, 7) is 2.03. The van der Waals surface area contributed by atoms with Gasteiger partial charge in [-0.15, -0.1) is 0 Å². The third kappa shape index (κ3) is 4.92. The topological polar surface area (TPSA) is 85.6 Å². The van der Waals surface area contributed by atoms with Crippen molar-refractivity contribution in [1.82, 2.24) is 19.9 Å². The van der Waals surface area contributed by atoms with E-state index in [2.05, 4.69) is 15.4 Å². The number of hydrogen-bond donors (Lipinski definition) is 1. The van der Waals surface area contributed by atoms with Crippen LogP contribution in [0.4, 0.5) is 0 Å². The van der Waals surface area contributed by atoms with Gasteiger partial charge in [-0.05, 0) is 30.2 Å². The Bertz CT molecular complexity index is 1300. The molecule has 0 fully saturated rings. The number of para-hydroxylation sites is 1. The number of carbonyl (C=O) groups is 1. The van der Waals surface area contributed by atoms with Crippen molar-refractivity contribution in [3.05, 3.63) is 81.2 Å². The van der Waals surface area contributed by atoms with Gasteiger partial charge in [-0.3, -0.25) is 9.59 Å². The maximum Gasteiger partial charge on any atom is 0.275 e. The smallest absolute Gasteiger partial charge is 0.275 e. The quantitative estimate of drug-likeness (QED) is 0.460. The number of amides is 1. The predicted octanol–water partition coefficient (Wildman–Crippen LogP) is 3.73. The number of ether oxygens (including phenoxy) is 1. The Balaban J connectivity index is 1.44. The first kappa shape index (κ1) is 21.0. The summed E-state index contributed by atoms with van der Waals surface area (Å²) in [5.74, 6) is 0.396. The van der Waals surface area contributed by atoms with Crippen LogP contribution in [0.3, 0.4) is 0 Å². The summed E-state index contributed by atoms with van der Waals surface area (Å²) < 4.78 is 6.86. The lowest BCUT2D eigenvalue weighted by Crippen LogP contribution is -2.29. The Morgan fingerprint density at radius 2 is 2.03 bits per heavy atom. The molecule has 2 heterocycles. The second-order valence-corrected chi connectivity index (χ2v) is 8.12. The summed E-state index contributed by atoms with van der Waals surface area (Å²) in [4.78, 5) is 29.5. The standard InChI is InChI=1S/C22H19ClN4O3S/c1-2-14-6-3-4-9-18(14)30-13-19(28)24-12-17-11-20(29)27-22(25-17)31-21(26-27)15-7-5-8-16(23)10-15/h3-11H,2,12-13H2,1H3,(H,24,28). The molecular weight excluding hydrogens is 436 g/mol. The molecule has 0 aliphatic rings. The fourth-order valence-electron chi connectivity index (χ4n) is 3.01. The van der Waals surface area contributed by atoms with Crippen molar-refractivity contribution < 1.29 is 9.53 Å². The molecule has 31 heavy (non-hydrogen) atoms. The van der Waals surface area contributed by atoms with Crippen LogP contribution in [-0.4, -0.2) is 27.1 Å². The third-order valence-corrected chi connectivity index (χ3v) is 5.74. The lowest BCUT2D eigenvalue weighted by molar-refractivity contribution is -0.123. The summed E-state index contributed by atoms with van der Waals surface area (Å²) in [7, 11) is 0. The molecule has 0 saturated heterocycles. The lowest BCUT2D eigenvalue weighted by Gasteiger charge is -2.10. The number of aromatic nitrogens is 3. The van der Waals surface area contributed by atoms with Gasteiger partial charge in [-0.1, -0.05) is 60.2 Å². The fraction of sp³-hybridized carbons (Fsp3) is 0.182. The highest BCUT2D eigenvalue weighted by Crippen LogP contribution is 2.26. The number of benzene rings is 2. The molecule has 0 unspecified atom stereocenters. The van der Waals surface area contributed by atoms with Gasteiger partial charge in [-0.2, -0.15) is 9.61 Å². The number of carbonyl (C=O) groups excluding carboxylic acids is 1. The second kappa shape index (κ2) is 9.28. The highest BCUT2D eigenvalue weighted by molar-refractivity contribution is 7.19. The van der Waals surface area contributed by atoms with Crippen LogP contribution in [-0.2, 0) is 17.8 Å². The van der Waals surface area contributed by atoms with E-state index in [9.17, 15) is 9.59 Å². The minimum atomic E-state index is -0.313. The van der Waals surface area contributed by atoms with Gasteiger partial charge in [0.15, 0.2) is 6.61 Å². The van der Waals surface area contributed by atoms with Crippen LogP contribution in [0.1, 0.15) is 18.2 Å². The van der Waals surface area contributed by atoms with Crippen molar-refractivity contribution >= 4 is 33.8 Å². The molecule has 158 valence electrons. The maximum atomic E-state index is 12.4. The van der Waals surface area contributed by atoms with E-state index in [0.29, 0.717) is 26.4 Å². The van der Waals surface area contributed by atoms with Crippen LogP contribution in [0.2, 0.25) is 5.02 Å². The van der Waals surface area contributed by atoms with E-state index in [1.807, 2.05) is 43.3 Å².